The lowest BCUT2D eigenvalue weighted by atomic mass is 10.1. The Kier molecular flexibility index (Phi) is 5.79. The molecular formula is C19H23N3O4S. The number of carbonyl (C=O) groups excluding carboxylic acids is 1. The summed E-state index contributed by atoms with van der Waals surface area (Å²) in [7, 11) is 0.275. The first-order chi connectivity index (χ1) is 12.9. The Morgan fingerprint density at radius 1 is 1.07 bits per heavy atom. The van der Waals surface area contributed by atoms with Crippen molar-refractivity contribution in [1.82, 2.24) is 4.31 Å². The van der Waals surface area contributed by atoms with Gasteiger partial charge in [-0.2, -0.15) is 4.31 Å². The molecule has 0 atom stereocenters. The van der Waals surface area contributed by atoms with Crippen molar-refractivity contribution < 1.29 is 17.9 Å². The van der Waals surface area contributed by atoms with E-state index in [1.54, 1.807) is 24.3 Å². The zero-order valence-electron chi connectivity index (χ0n) is 15.4. The number of amides is 1. The summed E-state index contributed by atoms with van der Waals surface area (Å²) in [5.74, 6) is -0.248. The number of morpholine rings is 1. The van der Waals surface area contributed by atoms with Crippen molar-refractivity contribution in [2.24, 2.45) is 0 Å². The summed E-state index contributed by atoms with van der Waals surface area (Å²) >= 11 is 0. The fraction of sp³-hybridized carbons (Fsp3) is 0.316. The van der Waals surface area contributed by atoms with Gasteiger partial charge in [-0.15, -0.1) is 0 Å². The van der Waals surface area contributed by atoms with Gasteiger partial charge in [-0.05, 0) is 42.5 Å². The Bertz CT molecular complexity index is 905. The molecule has 8 heteroatoms. The van der Waals surface area contributed by atoms with E-state index in [0.717, 1.165) is 5.69 Å². The SMILES string of the molecule is CN(C)c1cccc(C(=O)Nc2ccc(S(=O)(=O)N3CCOCC3)cc2)c1. The van der Waals surface area contributed by atoms with Crippen molar-refractivity contribution >= 4 is 27.3 Å². The van der Waals surface area contributed by atoms with Gasteiger partial charge in [-0.25, -0.2) is 8.42 Å². The summed E-state index contributed by atoms with van der Waals surface area (Å²) in [6.45, 7) is 1.50. The normalized spacial score (nSPS) is 15.3. The van der Waals surface area contributed by atoms with Gasteiger partial charge in [0.15, 0.2) is 0 Å². The maximum atomic E-state index is 12.6. The molecule has 1 heterocycles. The second-order valence-corrected chi connectivity index (χ2v) is 8.38. The summed E-state index contributed by atoms with van der Waals surface area (Å²) in [6, 6.07) is 13.5. The minimum absolute atomic E-state index is 0.206. The number of hydrogen-bond acceptors (Lipinski definition) is 5. The summed E-state index contributed by atoms with van der Waals surface area (Å²) in [5, 5.41) is 2.80. The molecule has 27 heavy (non-hydrogen) atoms. The molecule has 1 saturated heterocycles. The Hall–Kier alpha value is -2.42. The Morgan fingerprint density at radius 2 is 1.74 bits per heavy atom. The van der Waals surface area contributed by atoms with Gasteiger partial charge in [0.05, 0.1) is 18.1 Å². The molecule has 0 saturated carbocycles. The first-order valence-corrected chi connectivity index (χ1v) is 10.1. The van der Waals surface area contributed by atoms with E-state index >= 15 is 0 Å². The second-order valence-electron chi connectivity index (χ2n) is 6.44. The summed E-state index contributed by atoms with van der Waals surface area (Å²) in [4.78, 5) is 14.6. The number of anilines is 2. The van der Waals surface area contributed by atoms with E-state index in [-0.39, 0.29) is 10.8 Å². The number of rotatable bonds is 5. The van der Waals surface area contributed by atoms with Crippen LogP contribution < -0.4 is 10.2 Å². The van der Waals surface area contributed by atoms with Gasteiger partial charge in [0.25, 0.3) is 5.91 Å². The summed E-state index contributed by atoms with van der Waals surface area (Å²) in [5.41, 5.74) is 2.00. The number of sulfonamides is 1. The molecule has 2 aromatic rings. The average Bonchev–Trinajstić information content (AvgIpc) is 2.69. The van der Waals surface area contributed by atoms with E-state index < -0.39 is 10.0 Å². The third-order valence-electron chi connectivity index (χ3n) is 4.34. The van der Waals surface area contributed by atoms with Crippen LogP contribution in [-0.2, 0) is 14.8 Å². The van der Waals surface area contributed by atoms with Crippen LogP contribution in [0.3, 0.4) is 0 Å². The van der Waals surface area contributed by atoms with Crippen molar-refractivity contribution in [2.45, 2.75) is 4.90 Å². The molecule has 1 aliphatic heterocycles. The lowest BCUT2D eigenvalue weighted by molar-refractivity contribution is 0.0730. The number of nitrogens with one attached hydrogen (secondary N) is 1. The van der Waals surface area contributed by atoms with E-state index in [4.69, 9.17) is 4.74 Å². The highest BCUT2D eigenvalue weighted by molar-refractivity contribution is 7.89. The molecule has 0 aromatic heterocycles. The van der Waals surface area contributed by atoms with Crippen LogP contribution in [0.5, 0.6) is 0 Å². The number of nitrogens with zero attached hydrogens (tertiary/aromatic N) is 2. The van der Waals surface area contributed by atoms with Crippen molar-refractivity contribution in [3.8, 4) is 0 Å². The molecule has 0 radical (unpaired) electrons. The van der Waals surface area contributed by atoms with Crippen LogP contribution in [0, 0.1) is 0 Å². The zero-order valence-corrected chi connectivity index (χ0v) is 16.2. The third-order valence-corrected chi connectivity index (χ3v) is 6.26. The molecule has 0 unspecified atom stereocenters. The quantitative estimate of drug-likeness (QED) is 0.847. The second kappa shape index (κ2) is 8.08. The van der Waals surface area contributed by atoms with Gasteiger partial charge in [0, 0.05) is 44.1 Å². The van der Waals surface area contributed by atoms with Gasteiger partial charge in [-0.1, -0.05) is 6.07 Å². The smallest absolute Gasteiger partial charge is 0.255 e. The van der Waals surface area contributed by atoms with Gasteiger partial charge in [-0.3, -0.25) is 4.79 Å². The Labute approximate surface area is 159 Å². The number of ether oxygens (including phenoxy) is 1. The standard InChI is InChI=1S/C19H23N3O4S/c1-21(2)17-5-3-4-15(14-17)19(23)20-16-6-8-18(9-7-16)27(24,25)22-10-12-26-13-11-22/h3-9,14H,10-13H2,1-2H3,(H,20,23). The fourth-order valence-corrected chi connectivity index (χ4v) is 4.18. The number of hydrogen-bond donors (Lipinski definition) is 1. The van der Waals surface area contributed by atoms with Crippen LogP contribution in [0.2, 0.25) is 0 Å². The largest absolute Gasteiger partial charge is 0.379 e. The molecular weight excluding hydrogens is 366 g/mol. The molecule has 7 nitrogen and oxygen atoms in total. The van der Waals surface area contributed by atoms with E-state index in [1.165, 1.54) is 16.4 Å². The van der Waals surface area contributed by atoms with Crippen molar-refractivity contribution in [3.05, 3.63) is 54.1 Å². The van der Waals surface area contributed by atoms with Crippen LogP contribution >= 0.6 is 0 Å². The predicted octanol–water partition coefficient (Wildman–Crippen LogP) is 2.03. The molecule has 0 spiro atoms. The highest BCUT2D eigenvalue weighted by atomic mass is 32.2. The van der Waals surface area contributed by atoms with E-state index in [9.17, 15) is 13.2 Å². The lowest BCUT2D eigenvalue weighted by Crippen LogP contribution is -2.40. The van der Waals surface area contributed by atoms with Crippen LogP contribution in [0.15, 0.2) is 53.4 Å². The van der Waals surface area contributed by atoms with Crippen molar-refractivity contribution in [1.29, 1.82) is 0 Å². The maximum Gasteiger partial charge on any atom is 0.255 e. The van der Waals surface area contributed by atoms with E-state index in [2.05, 4.69) is 5.32 Å². The first kappa shape index (κ1) is 19.3. The molecule has 0 bridgehead atoms. The monoisotopic (exact) mass is 389 g/mol. The molecule has 1 fully saturated rings. The first-order valence-electron chi connectivity index (χ1n) is 8.64. The summed E-state index contributed by atoms with van der Waals surface area (Å²) < 4.78 is 31.9. The zero-order chi connectivity index (χ0) is 19.4. The summed E-state index contributed by atoms with van der Waals surface area (Å²) in [6.07, 6.45) is 0. The molecule has 3 rings (SSSR count). The van der Waals surface area contributed by atoms with Crippen LogP contribution in [-0.4, -0.2) is 59.0 Å². The van der Waals surface area contributed by atoms with Gasteiger partial charge in [0.2, 0.25) is 10.0 Å². The number of benzene rings is 2. The topological polar surface area (TPSA) is 79.0 Å². The minimum atomic E-state index is -3.54. The third kappa shape index (κ3) is 4.47. The Balaban J connectivity index is 1.72. The molecule has 1 aliphatic rings. The van der Waals surface area contributed by atoms with Gasteiger partial charge >= 0.3 is 0 Å². The maximum absolute atomic E-state index is 12.6. The van der Waals surface area contributed by atoms with Crippen molar-refractivity contribution in [3.63, 3.8) is 0 Å². The molecule has 1 amide bonds. The predicted molar refractivity (Wildman–Crippen MR) is 105 cm³/mol. The number of carbonyl (C=O) groups is 1. The minimum Gasteiger partial charge on any atom is -0.379 e. The highest BCUT2D eigenvalue weighted by Crippen LogP contribution is 2.20. The molecule has 1 N–H and O–H groups in total. The molecule has 0 aliphatic carbocycles. The molecule has 2 aromatic carbocycles. The van der Waals surface area contributed by atoms with E-state index in [1.807, 2.05) is 31.1 Å². The Morgan fingerprint density at radius 3 is 2.37 bits per heavy atom. The van der Waals surface area contributed by atoms with Crippen LogP contribution in [0.25, 0.3) is 0 Å². The lowest BCUT2D eigenvalue weighted by Gasteiger charge is -2.26. The average molecular weight is 389 g/mol. The highest BCUT2D eigenvalue weighted by Gasteiger charge is 2.26. The fourth-order valence-electron chi connectivity index (χ4n) is 2.77. The molecule has 144 valence electrons. The van der Waals surface area contributed by atoms with Crippen molar-refractivity contribution in [2.75, 3.05) is 50.6 Å². The van der Waals surface area contributed by atoms with Gasteiger partial charge in [0.1, 0.15) is 0 Å². The van der Waals surface area contributed by atoms with Crippen LogP contribution in [0.4, 0.5) is 11.4 Å². The van der Waals surface area contributed by atoms with E-state index in [0.29, 0.717) is 37.6 Å². The van der Waals surface area contributed by atoms with Gasteiger partial charge < -0.3 is 15.0 Å². The van der Waals surface area contributed by atoms with Crippen LogP contribution in [0.1, 0.15) is 10.4 Å².